The van der Waals surface area contributed by atoms with Crippen LogP contribution in [0.2, 0.25) is 0 Å². The molecule has 2 heterocycles. The molecule has 1 aliphatic rings. The van der Waals surface area contributed by atoms with E-state index in [0.717, 1.165) is 0 Å². The Balaban J connectivity index is 2.00. The quantitative estimate of drug-likeness (QED) is 0.803. The van der Waals surface area contributed by atoms with Crippen LogP contribution in [0.5, 0.6) is 0 Å². The maximum absolute atomic E-state index is 13.0. The minimum atomic E-state index is -4.30. The summed E-state index contributed by atoms with van der Waals surface area (Å²) in [5, 5.41) is 12.3. The Morgan fingerprint density at radius 1 is 1.35 bits per heavy atom. The van der Waals surface area contributed by atoms with E-state index in [4.69, 9.17) is 0 Å². The van der Waals surface area contributed by atoms with Gasteiger partial charge in [-0.3, -0.25) is 5.10 Å². The molecule has 108 valence electrons. The van der Waals surface area contributed by atoms with Gasteiger partial charge in [0, 0.05) is 6.54 Å². The lowest BCUT2D eigenvalue weighted by atomic mass is 10.2. The topological polar surface area (TPSA) is 78.5 Å². The standard InChI is InChI=1S/C11H13F3N6/c1-2-15-9-17-7(6-5-16-20-8(6)18-9)19-10(3-4-10)11(12,13)14/h5H,2-4H2,1H3,(H3,15,16,17,18,19,20). The predicted octanol–water partition coefficient (Wildman–Crippen LogP) is 2.29. The molecule has 6 nitrogen and oxygen atoms in total. The average molecular weight is 286 g/mol. The van der Waals surface area contributed by atoms with E-state index >= 15 is 0 Å². The molecule has 2 aromatic heterocycles. The maximum atomic E-state index is 13.0. The molecule has 9 heteroatoms. The number of fused-ring (bicyclic) bond motifs is 1. The molecule has 0 unspecified atom stereocenters. The van der Waals surface area contributed by atoms with Gasteiger partial charge in [-0.15, -0.1) is 0 Å². The zero-order chi connectivity index (χ0) is 14.4. The molecule has 1 aliphatic carbocycles. The molecule has 0 spiro atoms. The van der Waals surface area contributed by atoms with Crippen LogP contribution in [-0.4, -0.2) is 38.4 Å². The lowest BCUT2D eigenvalue weighted by Crippen LogP contribution is -2.39. The Hall–Kier alpha value is -2.06. The van der Waals surface area contributed by atoms with Crippen molar-refractivity contribution in [1.82, 2.24) is 20.2 Å². The van der Waals surface area contributed by atoms with Gasteiger partial charge in [-0.05, 0) is 19.8 Å². The van der Waals surface area contributed by atoms with Crippen molar-refractivity contribution >= 4 is 22.8 Å². The molecule has 2 aromatic rings. The summed E-state index contributed by atoms with van der Waals surface area (Å²) >= 11 is 0. The SMILES string of the molecule is CCNc1nc(NC2(C(F)(F)F)CC2)c2cn[nH]c2n1. The highest BCUT2D eigenvalue weighted by molar-refractivity contribution is 5.87. The van der Waals surface area contributed by atoms with Crippen LogP contribution >= 0.6 is 0 Å². The molecule has 20 heavy (non-hydrogen) atoms. The molecule has 0 bridgehead atoms. The van der Waals surface area contributed by atoms with Gasteiger partial charge in [0.15, 0.2) is 5.65 Å². The molecule has 0 saturated heterocycles. The third kappa shape index (κ3) is 2.02. The molecule has 3 N–H and O–H groups in total. The monoisotopic (exact) mass is 286 g/mol. The van der Waals surface area contributed by atoms with Crippen molar-refractivity contribution in [3.63, 3.8) is 0 Å². The molecular weight excluding hydrogens is 273 g/mol. The fourth-order valence-corrected chi connectivity index (χ4v) is 2.00. The van der Waals surface area contributed by atoms with Crippen LogP contribution in [0, 0.1) is 0 Å². The Bertz CT molecular complexity index is 631. The molecule has 0 amide bonds. The molecule has 1 fully saturated rings. The molecule has 0 radical (unpaired) electrons. The van der Waals surface area contributed by atoms with E-state index in [1.54, 1.807) is 0 Å². The van der Waals surface area contributed by atoms with Crippen molar-refractivity contribution in [1.29, 1.82) is 0 Å². The van der Waals surface area contributed by atoms with Gasteiger partial charge in [-0.1, -0.05) is 0 Å². The van der Waals surface area contributed by atoms with E-state index in [9.17, 15) is 13.2 Å². The molecule has 0 aromatic carbocycles. The molecule has 3 rings (SSSR count). The molecule has 0 atom stereocenters. The third-order valence-electron chi connectivity index (χ3n) is 3.29. The summed E-state index contributed by atoms with van der Waals surface area (Å²) in [6.07, 6.45) is -2.78. The van der Waals surface area contributed by atoms with Gasteiger partial charge in [0.1, 0.15) is 11.4 Å². The van der Waals surface area contributed by atoms with Crippen LogP contribution in [0.25, 0.3) is 11.0 Å². The highest BCUT2D eigenvalue weighted by Crippen LogP contribution is 2.51. The van der Waals surface area contributed by atoms with E-state index < -0.39 is 11.7 Å². The zero-order valence-electron chi connectivity index (χ0n) is 10.7. The van der Waals surface area contributed by atoms with Crippen molar-refractivity contribution in [2.45, 2.75) is 31.5 Å². The number of nitrogens with zero attached hydrogens (tertiary/aromatic N) is 3. The number of halogens is 3. The molecular formula is C11H13F3N6. The van der Waals surface area contributed by atoms with Crippen molar-refractivity contribution in [2.24, 2.45) is 0 Å². The first kappa shape index (κ1) is 12.9. The minimum absolute atomic E-state index is 0.0520. The minimum Gasteiger partial charge on any atom is -0.355 e. The van der Waals surface area contributed by atoms with Crippen molar-refractivity contribution in [3.8, 4) is 0 Å². The first-order valence-corrected chi connectivity index (χ1v) is 6.25. The number of alkyl halides is 3. The van der Waals surface area contributed by atoms with Crippen molar-refractivity contribution in [2.75, 3.05) is 17.2 Å². The number of rotatable bonds is 4. The van der Waals surface area contributed by atoms with Gasteiger partial charge < -0.3 is 10.6 Å². The number of H-pyrrole nitrogens is 1. The summed E-state index contributed by atoms with van der Waals surface area (Å²) in [5.74, 6) is 0.416. The Morgan fingerprint density at radius 2 is 2.10 bits per heavy atom. The van der Waals surface area contributed by atoms with Crippen LogP contribution in [0.4, 0.5) is 24.9 Å². The summed E-state index contributed by atoms with van der Waals surface area (Å²) in [4.78, 5) is 8.24. The lowest BCUT2D eigenvalue weighted by molar-refractivity contribution is -0.151. The van der Waals surface area contributed by atoms with E-state index in [-0.39, 0.29) is 24.6 Å². The zero-order valence-corrected chi connectivity index (χ0v) is 10.7. The van der Waals surface area contributed by atoms with E-state index in [1.165, 1.54) is 6.20 Å². The fraction of sp³-hybridized carbons (Fsp3) is 0.545. The van der Waals surface area contributed by atoms with Crippen molar-refractivity contribution < 1.29 is 13.2 Å². The van der Waals surface area contributed by atoms with Crippen LogP contribution in [-0.2, 0) is 0 Å². The molecule has 0 aliphatic heterocycles. The number of nitrogens with one attached hydrogen (secondary N) is 3. The largest absolute Gasteiger partial charge is 0.411 e. The van der Waals surface area contributed by atoms with Gasteiger partial charge in [-0.2, -0.15) is 28.2 Å². The van der Waals surface area contributed by atoms with Crippen LogP contribution in [0.15, 0.2) is 6.20 Å². The summed E-state index contributed by atoms with van der Waals surface area (Å²) < 4.78 is 39.0. The average Bonchev–Trinajstić information content (AvgIpc) is 3.00. The number of aromatic amines is 1. The van der Waals surface area contributed by atoms with E-state index in [2.05, 4.69) is 30.8 Å². The Kier molecular flexibility index (Phi) is 2.73. The predicted molar refractivity (Wildman–Crippen MR) is 67.5 cm³/mol. The number of aromatic nitrogens is 4. The van der Waals surface area contributed by atoms with Gasteiger partial charge in [0.25, 0.3) is 0 Å². The Labute approximate surface area is 112 Å². The second kappa shape index (κ2) is 4.22. The number of hydrogen-bond acceptors (Lipinski definition) is 5. The smallest absolute Gasteiger partial charge is 0.355 e. The first-order chi connectivity index (χ1) is 9.45. The van der Waals surface area contributed by atoms with Crippen LogP contribution in [0.1, 0.15) is 19.8 Å². The van der Waals surface area contributed by atoms with E-state index in [0.29, 0.717) is 17.6 Å². The van der Waals surface area contributed by atoms with Crippen LogP contribution in [0.3, 0.4) is 0 Å². The van der Waals surface area contributed by atoms with Crippen LogP contribution < -0.4 is 10.6 Å². The Morgan fingerprint density at radius 3 is 2.70 bits per heavy atom. The normalized spacial score (nSPS) is 17.2. The summed E-state index contributed by atoms with van der Waals surface area (Å²) in [6, 6.07) is 0. The van der Waals surface area contributed by atoms with Gasteiger partial charge >= 0.3 is 6.18 Å². The second-order valence-electron chi connectivity index (χ2n) is 4.76. The van der Waals surface area contributed by atoms with Crippen molar-refractivity contribution in [3.05, 3.63) is 6.20 Å². The number of hydrogen-bond donors (Lipinski definition) is 3. The first-order valence-electron chi connectivity index (χ1n) is 6.25. The van der Waals surface area contributed by atoms with E-state index in [1.807, 2.05) is 6.92 Å². The van der Waals surface area contributed by atoms with Gasteiger partial charge in [-0.25, -0.2) is 0 Å². The highest BCUT2D eigenvalue weighted by Gasteiger charge is 2.63. The molecule has 1 saturated carbocycles. The van der Waals surface area contributed by atoms with Gasteiger partial charge in [0.05, 0.1) is 11.6 Å². The highest BCUT2D eigenvalue weighted by atomic mass is 19.4. The fourth-order valence-electron chi connectivity index (χ4n) is 2.00. The third-order valence-corrected chi connectivity index (χ3v) is 3.29. The lowest BCUT2D eigenvalue weighted by Gasteiger charge is -2.21. The van der Waals surface area contributed by atoms with Gasteiger partial charge in [0.2, 0.25) is 5.95 Å². The second-order valence-corrected chi connectivity index (χ2v) is 4.76. The maximum Gasteiger partial charge on any atom is 0.411 e. The summed E-state index contributed by atoms with van der Waals surface area (Å²) in [5.41, 5.74) is -1.47. The number of anilines is 2. The summed E-state index contributed by atoms with van der Waals surface area (Å²) in [7, 11) is 0. The summed E-state index contributed by atoms with van der Waals surface area (Å²) in [6.45, 7) is 2.43.